The van der Waals surface area contributed by atoms with Crippen LogP contribution in [0.2, 0.25) is 0 Å². The van der Waals surface area contributed by atoms with Gasteiger partial charge in [0.25, 0.3) is 5.91 Å². The largest absolute Gasteiger partial charge is 0.417 e. The lowest BCUT2D eigenvalue weighted by molar-refractivity contribution is -0.137. The molecule has 3 atom stereocenters. The molecule has 3 aromatic rings. The van der Waals surface area contributed by atoms with Crippen LogP contribution in [0.1, 0.15) is 41.0 Å². The molecule has 34 heavy (non-hydrogen) atoms. The highest BCUT2D eigenvalue weighted by molar-refractivity contribution is 5.99. The number of fused-ring (bicyclic) bond motifs is 3. The van der Waals surface area contributed by atoms with E-state index in [0.29, 0.717) is 35.2 Å². The van der Waals surface area contributed by atoms with Crippen LogP contribution in [-0.2, 0) is 6.18 Å². The van der Waals surface area contributed by atoms with E-state index in [1.165, 1.54) is 6.07 Å². The van der Waals surface area contributed by atoms with Gasteiger partial charge in [0.05, 0.1) is 17.3 Å². The lowest BCUT2D eigenvalue weighted by Gasteiger charge is -2.50. The zero-order chi connectivity index (χ0) is 23.9. The summed E-state index contributed by atoms with van der Waals surface area (Å²) in [6, 6.07) is 11.5. The van der Waals surface area contributed by atoms with Crippen LogP contribution in [-0.4, -0.2) is 44.4 Å². The molecule has 5 heterocycles. The Morgan fingerprint density at radius 2 is 1.94 bits per heavy atom. The van der Waals surface area contributed by atoms with Gasteiger partial charge >= 0.3 is 6.18 Å². The van der Waals surface area contributed by atoms with E-state index in [-0.39, 0.29) is 18.0 Å². The zero-order valence-electron chi connectivity index (χ0n) is 18.6. The fourth-order valence-corrected chi connectivity index (χ4v) is 5.00. The number of hydrogen-bond donors (Lipinski definition) is 1. The van der Waals surface area contributed by atoms with Gasteiger partial charge in [0.1, 0.15) is 11.5 Å². The molecule has 0 unspecified atom stereocenters. The van der Waals surface area contributed by atoms with Gasteiger partial charge in [0.15, 0.2) is 0 Å². The van der Waals surface area contributed by atoms with Crippen molar-refractivity contribution < 1.29 is 18.0 Å². The number of aryl methyl sites for hydroxylation is 1. The van der Waals surface area contributed by atoms with Crippen molar-refractivity contribution in [2.45, 2.75) is 44.4 Å². The van der Waals surface area contributed by atoms with Crippen molar-refractivity contribution in [2.75, 3.05) is 11.9 Å². The summed E-state index contributed by atoms with van der Waals surface area (Å²) >= 11 is 0. The molecule has 1 N–H and O–H groups in total. The van der Waals surface area contributed by atoms with Crippen molar-refractivity contribution in [3.05, 3.63) is 71.8 Å². The molecule has 9 heteroatoms. The first-order valence-corrected chi connectivity index (χ1v) is 11.3. The molecular formula is C25H24F3N5O. The van der Waals surface area contributed by atoms with E-state index in [2.05, 4.69) is 20.3 Å². The molecule has 3 fully saturated rings. The molecule has 0 spiro atoms. The third-order valence-corrected chi connectivity index (χ3v) is 6.64. The smallest absolute Gasteiger partial charge is 0.365 e. The summed E-state index contributed by atoms with van der Waals surface area (Å²) in [5.41, 5.74) is 1.70. The molecular weight excluding hydrogens is 443 g/mol. The van der Waals surface area contributed by atoms with E-state index in [0.717, 1.165) is 37.2 Å². The average Bonchev–Trinajstić information content (AvgIpc) is 2.84. The fourth-order valence-electron chi connectivity index (χ4n) is 5.00. The molecule has 0 aromatic carbocycles. The Morgan fingerprint density at radius 3 is 2.62 bits per heavy atom. The Kier molecular flexibility index (Phi) is 5.71. The number of anilines is 1. The van der Waals surface area contributed by atoms with Crippen molar-refractivity contribution in [1.82, 2.24) is 19.9 Å². The van der Waals surface area contributed by atoms with E-state index in [4.69, 9.17) is 0 Å². The molecule has 1 amide bonds. The Hall–Kier alpha value is -3.49. The summed E-state index contributed by atoms with van der Waals surface area (Å²) < 4.78 is 38.6. The van der Waals surface area contributed by atoms with Gasteiger partial charge in [-0.25, -0.2) is 9.97 Å². The van der Waals surface area contributed by atoms with Gasteiger partial charge < -0.3 is 10.2 Å². The van der Waals surface area contributed by atoms with Crippen molar-refractivity contribution >= 4 is 11.7 Å². The Labute approximate surface area is 195 Å². The molecule has 3 aromatic heterocycles. The number of pyridine rings is 3. The van der Waals surface area contributed by atoms with Crippen LogP contribution >= 0.6 is 0 Å². The highest BCUT2D eigenvalue weighted by Gasteiger charge is 2.44. The second-order valence-electron chi connectivity index (χ2n) is 8.95. The molecule has 176 valence electrons. The number of aromatic nitrogens is 3. The van der Waals surface area contributed by atoms with Gasteiger partial charge in [-0.2, -0.15) is 13.2 Å². The first-order valence-electron chi connectivity index (χ1n) is 11.3. The monoisotopic (exact) mass is 467 g/mol. The minimum Gasteiger partial charge on any atom is -0.365 e. The average molecular weight is 467 g/mol. The molecule has 2 bridgehead atoms. The van der Waals surface area contributed by atoms with Crippen LogP contribution in [0.3, 0.4) is 0 Å². The normalized spacial score (nSPS) is 22.0. The van der Waals surface area contributed by atoms with Gasteiger partial charge in [0, 0.05) is 36.2 Å². The third-order valence-electron chi connectivity index (χ3n) is 6.64. The van der Waals surface area contributed by atoms with Crippen LogP contribution in [0.5, 0.6) is 0 Å². The summed E-state index contributed by atoms with van der Waals surface area (Å²) in [4.78, 5) is 28.6. The van der Waals surface area contributed by atoms with Crippen molar-refractivity contribution in [3.8, 4) is 11.3 Å². The lowest BCUT2D eigenvalue weighted by Crippen LogP contribution is -2.60. The number of rotatable bonds is 4. The molecule has 3 aliphatic rings. The predicted molar refractivity (Wildman–Crippen MR) is 121 cm³/mol. The van der Waals surface area contributed by atoms with Crippen molar-refractivity contribution in [1.29, 1.82) is 0 Å². The molecule has 0 radical (unpaired) electrons. The number of amides is 1. The topological polar surface area (TPSA) is 71.0 Å². The number of nitrogens with one attached hydrogen (secondary N) is 1. The number of carbonyl (C=O) groups is 1. The first kappa shape index (κ1) is 22.3. The standard InChI is InChI=1S/C25H24F3N5O/c1-15-5-8-18(19-4-2-3-11-29-19)23(31-15)24(34)33-14-16-6-9-21(33)20(12-16)32-22-10-7-17(13-30-22)25(26,27)28/h2-5,7-8,10-11,13,16,20-21H,6,9,12,14H2,1H3,(H,30,32)/t16-,20+,21-/m0/s1. The van der Waals surface area contributed by atoms with Gasteiger partial charge in [-0.15, -0.1) is 0 Å². The minimum atomic E-state index is -4.43. The molecule has 2 saturated heterocycles. The highest BCUT2D eigenvalue weighted by atomic mass is 19.4. The van der Waals surface area contributed by atoms with Crippen LogP contribution in [0.25, 0.3) is 11.3 Å². The van der Waals surface area contributed by atoms with Crippen LogP contribution in [0.15, 0.2) is 54.9 Å². The zero-order valence-corrected chi connectivity index (χ0v) is 18.6. The Bertz CT molecular complexity index is 1180. The van der Waals surface area contributed by atoms with Crippen LogP contribution in [0, 0.1) is 12.8 Å². The summed E-state index contributed by atoms with van der Waals surface area (Å²) in [6.07, 6.45) is 0.766. The van der Waals surface area contributed by atoms with Crippen LogP contribution < -0.4 is 5.32 Å². The van der Waals surface area contributed by atoms with E-state index in [1.54, 1.807) is 6.20 Å². The van der Waals surface area contributed by atoms with Crippen molar-refractivity contribution in [3.63, 3.8) is 0 Å². The summed E-state index contributed by atoms with van der Waals surface area (Å²) in [5.74, 6) is 0.538. The van der Waals surface area contributed by atoms with E-state index in [1.807, 2.05) is 42.2 Å². The number of piperidine rings is 2. The summed E-state index contributed by atoms with van der Waals surface area (Å²) in [7, 11) is 0. The maximum Gasteiger partial charge on any atom is 0.417 e. The minimum absolute atomic E-state index is 0.0937. The predicted octanol–water partition coefficient (Wildman–Crippen LogP) is 4.97. The van der Waals surface area contributed by atoms with E-state index < -0.39 is 11.7 Å². The van der Waals surface area contributed by atoms with Gasteiger partial charge in [-0.3, -0.25) is 9.78 Å². The number of alkyl halides is 3. The highest BCUT2D eigenvalue weighted by Crippen LogP contribution is 2.38. The van der Waals surface area contributed by atoms with Gasteiger partial charge in [0.2, 0.25) is 0 Å². The lowest BCUT2D eigenvalue weighted by atomic mass is 9.76. The maximum atomic E-state index is 13.8. The number of nitrogens with zero attached hydrogens (tertiary/aromatic N) is 4. The fraction of sp³-hybridized carbons (Fsp3) is 0.360. The second kappa shape index (κ2) is 8.70. The SMILES string of the molecule is Cc1ccc(-c2ccccn2)c(C(=O)N2C[C@H]3CC[C@H]2[C@H](Nc2ccc(C(F)(F)F)cn2)C3)n1. The second-order valence-corrected chi connectivity index (χ2v) is 8.95. The number of hydrogen-bond acceptors (Lipinski definition) is 5. The Morgan fingerprint density at radius 1 is 1.09 bits per heavy atom. The van der Waals surface area contributed by atoms with Gasteiger partial charge in [-0.1, -0.05) is 6.07 Å². The Balaban J connectivity index is 1.40. The number of halogens is 3. The maximum absolute atomic E-state index is 13.8. The van der Waals surface area contributed by atoms with Gasteiger partial charge in [-0.05, 0) is 68.5 Å². The quantitative estimate of drug-likeness (QED) is 0.587. The molecule has 1 saturated carbocycles. The van der Waals surface area contributed by atoms with E-state index in [9.17, 15) is 18.0 Å². The molecule has 6 rings (SSSR count). The number of carbonyl (C=O) groups excluding carboxylic acids is 1. The van der Waals surface area contributed by atoms with Crippen molar-refractivity contribution in [2.24, 2.45) is 5.92 Å². The summed E-state index contributed by atoms with van der Waals surface area (Å²) in [5, 5.41) is 3.28. The third kappa shape index (κ3) is 4.34. The van der Waals surface area contributed by atoms with E-state index >= 15 is 0 Å². The summed E-state index contributed by atoms with van der Waals surface area (Å²) in [6.45, 7) is 2.49. The van der Waals surface area contributed by atoms with Crippen LogP contribution in [0.4, 0.5) is 19.0 Å². The molecule has 6 nitrogen and oxygen atoms in total. The first-order chi connectivity index (χ1) is 16.3. The molecule has 1 aliphatic carbocycles. The molecule has 2 aliphatic heterocycles.